The molecule has 0 aliphatic heterocycles. The molecule has 7 heteroatoms. The molecule has 0 unspecified atom stereocenters. The Balaban J connectivity index is 1.48. The number of carbonyl (C=O) groups excluding carboxylic acids is 2. The topological polar surface area (TPSA) is 74.6 Å². The van der Waals surface area contributed by atoms with Gasteiger partial charge in [0, 0.05) is 10.3 Å². The molecule has 0 saturated carbocycles. The van der Waals surface area contributed by atoms with Gasteiger partial charge in [-0.2, -0.15) is 0 Å². The average molecular weight is 400 g/mol. The van der Waals surface area contributed by atoms with Gasteiger partial charge >= 0.3 is 0 Å². The van der Waals surface area contributed by atoms with E-state index in [4.69, 9.17) is 4.42 Å². The number of hydrogen-bond acceptors (Lipinski definition) is 5. The van der Waals surface area contributed by atoms with Crippen LogP contribution < -0.4 is 10.6 Å². The molecule has 3 rings (SSSR count). The first-order chi connectivity index (χ1) is 13.5. The van der Waals surface area contributed by atoms with Gasteiger partial charge in [0.15, 0.2) is 0 Å². The van der Waals surface area contributed by atoms with Gasteiger partial charge in [0.05, 0.1) is 25.7 Å². The van der Waals surface area contributed by atoms with Crippen LogP contribution in [0.5, 0.6) is 0 Å². The lowest BCUT2D eigenvalue weighted by Gasteiger charge is -2.20. The van der Waals surface area contributed by atoms with Gasteiger partial charge in [-0.1, -0.05) is 31.2 Å². The second-order valence-corrected chi connectivity index (χ2v) is 7.67. The first-order valence-corrected chi connectivity index (χ1v) is 10.2. The van der Waals surface area contributed by atoms with Crippen LogP contribution in [0.1, 0.15) is 30.5 Å². The molecule has 2 heterocycles. The number of thiophene rings is 1. The molecule has 148 valence electrons. The molecular weight excluding hydrogens is 374 g/mol. The highest BCUT2D eigenvalue weighted by Gasteiger charge is 2.17. The minimum atomic E-state index is -0.244. The molecule has 0 bridgehead atoms. The van der Waals surface area contributed by atoms with Crippen molar-refractivity contribution in [1.82, 2.24) is 15.5 Å². The van der Waals surface area contributed by atoms with Crippen LogP contribution in [0.2, 0.25) is 0 Å². The maximum absolute atomic E-state index is 12.4. The summed E-state index contributed by atoms with van der Waals surface area (Å²) >= 11 is 1.60. The van der Waals surface area contributed by atoms with Gasteiger partial charge in [0.2, 0.25) is 11.8 Å². The lowest BCUT2D eigenvalue weighted by atomic mass is 10.2. The average Bonchev–Trinajstić information content (AvgIpc) is 3.35. The number of amides is 2. The highest BCUT2D eigenvalue weighted by atomic mass is 32.1. The number of para-hydroxylation sites is 1. The van der Waals surface area contributed by atoms with Crippen LogP contribution in [0.25, 0.3) is 11.0 Å². The highest BCUT2D eigenvalue weighted by molar-refractivity contribution is 7.09. The summed E-state index contributed by atoms with van der Waals surface area (Å²) in [4.78, 5) is 27.5. The van der Waals surface area contributed by atoms with Crippen molar-refractivity contribution < 1.29 is 14.0 Å². The molecule has 0 radical (unpaired) electrons. The van der Waals surface area contributed by atoms with Crippen molar-refractivity contribution in [2.75, 3.05) is 19.6 Å². The van der Waals surface area contributed by atoms with E-state index in [1.165, 1.54) is 0 Å². The number of rotatable bonds is 9. The standard InChI is InChI=1S/C21H25N3O3S/c1-3-24(13-20(25)22-12-17-8-6-10-28-17)14-21(26)23-15(2)19-11-16-7-4-5-9-18(16)27-19/h4-11,15H,3,12-14H2,1-2H3,(H,22,25)(H,23,26)/t15-/m1/s1. The molecule has 28 heavy (non-hydrogen) atoms. The Morgan fingerprint density at radius 3 is 2.64 bits per heavy atom. The molecular formula is C21H25N3O3S. The van der Waals surface area contributed by atoms with Crippen molar-refractivity contribution in [3.63, 3.8) is 0 Å². The van der Waals surface area contributed by atoms with Gasteiger partial charge in [-0.3, -0.25) is 14.5 Å². The summed E-state index contributed by atoms with van der Waals surface area (Å²) in [5.74, 6) is 0.487. The molecule has 1 atom stereocenters. The number of fused-ring (bicyclic) bond motifs is 1. The zero-order chi connectivity index (χ0) is 19.9. The second kappa shape index (κ2) is 9.52. The van der Waals surface area contributed by atoms with Gasteiger partial charge in [-0.15, -0.1) is 11.3 Å². The van der Waals surface area contributed by atoms with Gasteiger partial charge in [-0.05, 0) is 37.0 Å². The molecule has 0 saturated heterocycles. The Morgan fingerprint density at radius 1 is 1.14 bits per heavy atom. The molecule has 1 aromatic carbocycles. The first kappa shape index (κ1) is 20.1. The lowest BCUT2D eigenvalue weighted by Crippen LogP contribution is -2.43. The van der Waals surface area contributed by atoms with Crippen molar-refractivity contribution in [1.29, 1.82) is 0 Å². The molecule has 2 amide bonds. The van der Waals surface area contributed by atoms with E-state index in [-0.39, 0.29) is 30.9 Å². The van der Waals surface area contributed by atoms with Crippen LogP contribution in [0.4, 0.5) is 0 Å². The van der Waals surface area contributed by atoms with Gasteiger partial charge in [-0.25, -0.2) is 0 Å². The Labute approximate surface area is 168 Å². The second-order valence-electron chi connectivity index (χ2n) is 6.64. The van der Waals surface area contributed by atoms with E-state index in [2.05, 4.69) is 10.6 Å². The van der Waals surface area contributed by atoms with Crippen LogP contribution in [0.3, 0.4) is 0 Å². The Hall–Kier alpha value is -2.64. The minimum Gasteiger partial charge on any atom is -0.459 e. The number of nitrogens with zero attached hydrogens (tertiary/aromatic N) is 1. The molecule has 6 nitrogen and oxygen atoms in total. The summed E-state index contributed by atoms with van der Waals surface area (Å²) in [5, 5.41) is 8.82. The molecule has 3 aromatic rings. The maximum Gasteiger partial charge on any atom is 0.234 e. The highest BCUT2D eigenvalue weighted by Crippen LogP contribution is 2.23. The fraction of sp³-hybridized carbons (Fsp3) is 0.333. The Kier molecular flexibility index (Phi) is 6.84. The SMILES string of the molecule is CCN(CC(=O)NCc1cccs1)CC(=O)N[C@H](C)c1cc2ccccc2o1. The van der Waals surface area contributed by atoms with E-state index in [9.17, 15) is 9.59 Å². The smallest absolute Gasteiger partial charge is 0.234 e. The molecule has 2 N–H and O–H groups in total. The predicted molar refractivity (Wildman–Crippen MR) is 111 cm³/mol. The monoisotopic (exact) mass is 399 g/mol. The third-order valence-corrected chi connectivity index (χ3v) is 5.35. The lowest BCUT2D eigenvalue weighted by molar-refractivity contribution is -0.125. The zero-order valence-corrected chi connectivity index (χ0v) is 16.9. The van der Waals surface area contributed by atoms with E-state index >= 15 is 0 Å². The number of nitrogens with one attached hydrogen (secondary N) is 2. The van der Waals surface area contributed by atoms with E-state index in [1.807, 2.05) is 66.6 Å². The summed E-state index contributed by atoms with van der Waals surface area (Å²) in [6, 6.07) is 13.4. The Morgan fingerprint density at radius 2 is 1.93 bits per heavy atom. The van der Waals surface area contributed by atoms with E-state index in [0.29, 0.717) is 18.8 Å². The predicted octanol–water partition coefficient (Wildman–Crippen LogP) is 3.31. The molecule has 2 aromatic heterocycles. The zero-order valence-electron chi connectivity index (χ0n) is 16.1. The van der Waals surface area contributed by atoms with Crippen LogP contribution in [0, 0.1) is 0 Å². The Bertz CT molecular complexity index is 887. The van der Waals surface area contributed by atoms with E-state index in [0.717, 1.165) is 15.8 Å². The fourth-order valence-corrected chi connectivity index (χ4v) is 3.56. The number of hydrogen-bond donors (Lipinski definition) is 2. The summed E-state index contributed by atoms with van der Waals surface area (Å²) in [5.41, 5.74) is 0.802. The molecule has 0 fully saturated rings. The third-order valence-electron chi connectivity index (χ3n) is 4.47. The summed E-state index contributed by atoms with van der Waals surface area (Å²) in [6.07, 6.45) is 0. The summed E-state index contributed by atoms with van der Waals surface area (Å²) < 4.78 is 5.80. The number of carbonyl (C=O) groups is 2. The number of likely N-dealkylation sites (N-methyl/N-ethyl adjacent to an activating group) is 1. The first-order valence-electron chi connectivity index (χ1n) is 9.34. The third kappa shape index (κ3) is 5.43. The maximum atomic E-state index is 12.4. The van der Waals surface area contributed by atoms with Crippen molar-refractivity contribution in [2.45, 2.75) is 26.4 Å². The van der Waals surface area contributed by atoms with Crippen molar-refractivity contribution >= 4 is 34.1 Å². The van der Waals surface area contributed by atoms with Gasteiger partial charge in [0.25, 0.3) is 0 Å². The van der Waals surface area contributed by atoms with Crippen molar-refractivity contribution in [3.05, 3.63) is 58.5 Å². The van der Waals surface area contributed by atoms with E-state index in [1.54, 1.807) is 11.3 Å². The number of benzene rings is 1. The van der Waals surface area contributed by atoms with Crippen LogP contribution in [-0.2, 0) is 16.1 Å². The largest absolute Gasteiger partial charge is 0.459 e. The van der Waals surface area contributed by atoms with Gasteiger partial charge in [0.1, 0.15) is 11.3 Å². The number of furan rings is 1. The fourth-order valence-electron chi connectivity index (χ4n) is 2.91. The molecule has 0 aliphatic carbocycles. The van der Waals surface area contributed by atoms with Crippen molar-refractivity contribution in [3.8, 4) is 0 Å². The normalized spacial score (nSPS) is 12.2. The summed E-state index contributed by atoms with van der Waals surface area (Å²) in [7, 11) is 0. The quantitative estimate of drug-likeness (QED) is 0.579. The van der Waals surface area contributed by atoms with E-state index < -0.39 is 0 Å². The van der Waals surface area contributed by atoms with Crippen molar-refractivity contribution in [2.24, 2.45) is 0 Å². The summed E-state index contributed by atoms with van der Waals surface area (Å²) in [6.45, 7) is 5.30. The van der Waals surface area contributed by atoms with Crippen LogP contribution >= 0.6 is 11.3 Å². The van der Waals surface area contributed by atoms with Crippen LogP contribution in [0.15, 0.2) is 52.3 Å². The van der Waals surface area contributed by atoms with Gasteiger partial charge < -0.3 is 15.1 Å². The molecule has 0 spiro atoms. The minimum absolute atomic E-state index is 0.0895. The molecule has 0 aliphatic rings. The van der Waals surface area contributed by atoms with Crippen LogP contribution in [-0.4, -0.2) is 36.3 Å².